The smallest absolute Gasteiger partial charge is 0.306 e. The summed E-state index contributed by atoms with van der Waals surface area (Å²) in [6, 6.07) is 0. The molecule has 0 aromatic heterocycles. The van der Waals surface area contributed by atoms with Crippen molar-refractivity contribution in [2.45, 2.75) is 293 Å². The summed E-state index contributed by atoms with van der Waals surface area (Å²) in [6.07, 6.45) is 36.8. The molecule has 0 aliphatic heterocycles. The van der Waals surface area contributed by atoms with Crippen LogP contribution < -0.4 is 0 Å². The van der Waals surface area contributed by atoms with Crippen molar-refractivity contribution in [3.8, 4) is 0 Å². The third-order valence-electron chi connectivity index (χ3n) is 17.8. The summed E-state index contributed by atoms with van der Waals surface area (Å²) < 4.78 is 25.9. The van der Waals surface area contributed by atoms with Crippen LogP contribution in [0.15, 0.2) is 0 Å². The summed E-state index contributed by atoms with van der Waals surface area (Å²) >= 11 is 0. The zero-order valence-corrected chi connectivity index (χ0v) is 48.6. The molecule has 4 fully saturated rings. The topological polar surface area (TPSA) is 108 Å². The van der Waals surface area contributed by atoms with Crippen molar-refractivity contribution in [3.05, 3.63) is 0 Å². The van der Waals surface area contributed by atoms with Crippen molar-refractivity contribution < 1.29 is 38.1 Å². The van der Waals surface area contributed by atoms with Crippen molar-refractivity contribution >= 4 is 23.9 Å². The highest BCUT2D eigenvalue weighted by molar-refractivity contribution is 5.71. The van der Waals surface area contributed by atoms with Gasteiger partial charge in [-0.15, -0.1) is 0 Å². The minimum atomic E-state index is -0.425. The second-order valence-corrected chi connectivity index (χ2v) is 24.7. The molecule has 0 N–H and O–H groups in total. The molecule has 4 aliphatic rings. The molecule has 4 rings (SSSR count). The van der Waals surface area contributed by atoms with Gasteiger partial charge in [0.05, 0.1) is 26.4 Å². The van der Waals surface area contributed by atoms with E-state index in [9.17, 15) is 19.2 Å². The number of nitrogens with zero attached hydrogens (tertiary/aromatic N) is 1. The summed E-state index contributed by atoms with van der Waals surface area (Å²) in [5.41, 5.74) is -1.58. The number of fused-ring (bicyclic) bond motifs is 1. The summed E-state index contributed by atoms with van der Waals surface area (Å²) in [5.74, 6) is 0.899. The number of carbonyl (C=O) groups excluding carboxylic acids is 4. The first kappa shape index (κ1) is 64.1. The standard InChI is InChI=1S/C63H115NO8/c1-9-17-23-33-54(34-24-18-10-2)42-58(67)71-50-61-40-39-60(49-69-57(66)38-29-41-64(15-7)16-8)44-62(46-61,51-70-56(65)37-28-27-32-53(30-21-13-5)31-22-14-6)48-63(45-60,47-61)52-72-59(68)43-55(35-25-19-11-3)36-26-20-12-4/h53-55H,9-52H2,1-8H3. The minimum Gasteiger partial charge on any atom is -0.465 e. The first-order valence-corrected chi connectivity index (χ1v) is 31.1. The molecule has 420 valence electrons. The van der Waals surface area contributed by atoms with Crippen LogP contribution in [0, 0.1) is 39.4 Å². The van der Waals surface area contributed by atoms with Gasteiger partial charge in [0.2, 0.25) is 0 Å². The van der Waals surface area contributed by atoms with E-state index >= 15 is 0 Å². The Hall–Kier alpha value is -2.16. The molecule has 4 aliphatic carbocycles. The summed E-state index contributed by atoms with van der Waals surface area (Å²) in [5, 5.41) is 0. The Morgan fingerprint density at radius 2 is 0.667 bits per heavy atom. The van der Waals surface area contributed by atoms with E-state index in [1.54, 1.807) is 0 Å². The van der Waals surface area contributed by atoms with Crippen LogP contribution in [0.4, 0.5) is 0 Å². The third kappa shape index (κ3) is 24.2. The number of rotatable bonds is 45. The van der Waals surface area contributed by atoms with Gasteiger partial charge in [-0.1, -0.05) is 184 Å². The Kier molecular flexibility index (Phi) is 32.0. The monoisotopic (exact) mass is 1010 g/mol. The Morgan fingerprint density at radius 1 is 0.361 bits per heavy atom. The molecule has 0 radical (unpaired) electrons. The van der Waals surface area contributed by atoms with Gasteiger partial charge in [-0.05, 0) is 121 Å². The van der Waals surface area contributed by atoms with Crippen molar-refractivity contribution in [2.75, 3.05) is 46.1 Å². The van der Waals surface area contributed by atoms with Crippen LogP contribution in [0.2, 0.25) is 0 Å². The fourth-order valence-electron chi connectivity index (χ4n) is 14.2. The van der Waals surface area contributed by atoms with Crippen molar-refractivity contribution in [2.24, 2.45) is 39.4 Å². The SMILES string of the molecule is CCCCCC(CCCCC)CC(=O)OCC12CCC3(COC(=O)CCCN(CC)CC)CC(COC(=O)CCCCC(CCCC)CCCC)(C1)CC(COC(=O)CC(CCCCC)CCCCC)(C3)C2. The average Bonchev–Trinajstić information content (AvgIpc) is 3.53. The number of hydrogen-bond donors (Lipinski definition) is 0. The van der Waals surface area contributed by atoms with Gasteiger partial charge < -0.3 is 23.8 Å². The van der Waals surface area contributed by atoms with Gasteiger partial charge in [-0.25, -0.2) is 0 Å². The highest BCUT2D eigenvalue weighted by Crippen LogP contribution is 2.71. The normalized spacial score (nSPS) is 22.6. The Morgan fingerprint density at radius 3 is 1.04 bits per heavy atom. The van der Waals surface area contributed by atoms with E-state index in [-0.39, 0.29) is 34.7 Å². The van der Waals surface area contributed by atoms with Crippen LogP contribution >= 0.6 is 0 Å². The lowest BCUT2D eigenvalue weighted by molar-refractivity contribution is -0.187. The Labute approximate surface area is 443 Å². The quantitative estimate of drug-likeness (QED) is 0.0335. The second-order valence-electron chi connectivity index (χ2n) is 24.7. The number of carbonyl (C=O) groups is 4. The van der Waals surface area contributed by atoms with E-state index in [0.29, 0.717) is 63.9 Å². The van der Waals surface area contributed by atoms with E-state index in [0.717, 1.165) is 167 Å². The minimum absolute atomic E-state index is 0.0979. The first-order chi connectivity index (χ1) is 34.8. The third-order valence-corrected chi connectivity index (χ3v) is 17.8. The lowest BCUT2D eigenvalue weighted by atomic mass is 9.46. The molecule has 9 heteroatoms. The number of unbranched alkanes of at least 4 members (excludes halogenated alkanes) is 11. The van der Waals surface area contributed by atoms with Crippen LogP contribution in [0.3, 0.4) is 0 Å². The number of esters is 4. The Balaban J connectivity index is 1.94. The molecular formula is C63H115NO8. The molecule has 72 heavy (non-hydrogen) atoms. The molecule has 0 aromatic carbocycles. The lowest BCUT2D eigenvalue weighted by Crippen LogP contribution is -2.56. The summed E-state index contributed by atoms with van der Waals surface area (Å²) in [7, 11) is 0. The zero-order valence-electron chi connectivity index (χ0n) is 48.6. The van der Waals surface area contributed by atoms with Crippen LogP contribution in [-0.2, 0) is 38.1 Å². The van der Waals surface area contributed by atoms with Gasteiger partial charge in [0.15, 0.2) is 0 Å². The highest BCUT2D eigenvalue weighted by atomic mass is 16.5. The molecule has 4 bridgehead atoms. The summed E-state index contributed by atoms with van der Waals surface area (Å²) in [6.45, 7) is 21.8. The van der Waals surface area contributed by atoms with Gasteiger partial charge in [0.25, 0.3) is 0 Å². The molecule has 0 heterocycles. The van der Waals surface area contributed by atoms with Gasteiger partial charge in [0, 0.05) is 47.3 Å². The van der Waals surface area contributed by atoms with E-state index in [1.807, 2.05) is 0 Å². The van der Waals surface area contributed by atoms with Crippen LogP contribution in [-0.4, -0.2) is 74.8 Å². The van der Waals surface area contributed by atoms with Crippen LogP contribution in [0.1, 0.15) is 293 Å². The molecular weight excluding hydrogens is 899 g/mol. The number of ether oxygens (including phenoxy) is 4. The molecule has 4 atom stereocenters. The van der Waals surface area contributed by atoms with Crippen molar-refractivity contribution in [1.29, 1.82) is 0 Å². The average molecular weight is 1010 g/mol. The van der Waals surface area contributed by atoms with Crippen molar-refractivity contribution in [3.63, 3.8) is 0 Å². The molecule has 9 nitrogen and oxygen atoms in total. The molecule has 4 unspecified atom stereocenters. The fourth-order valence-corrected chi connectivity index (χ4v) is 14.2. The summed E-state index contributed by atoms with van der Waals surface area (Å²) in [4.78, 5) is 57.9. The molecule has 4 saturated carbocycles. The predicted octanol–water partition coefficient (Wildman–Crippen LogP) is 16.9. The molecule has 0 spiro atoms. The van der Waals surface area contributed by atoms with Gasteiger partial charge in [-0.3, -0.25) is 19.2 Å². The van der Waals surface area contributed by atoms with E-state index < -0.39 is 10.8 Å². The van der Waals surface area contributed by atoms with E-state index in [4.69, 9.17) is 18.9 Å². The lowest BCUT2D eigenvalue weighted by Gasteiger charge is -2.60. The maximum absolute atomic E-state index is 14.1. The Bertz CT molecular complexity index is 1450. The first-order valence-electron chi connectivity index (χ1n) is 31.1. The molecule has 0 saturated heterocycles. The highest BCUT2D eigenvalue weighted by Gasteiger charge is 2.66. The molecule has 0 aromatic rings. The van der Waals surface area contributed by atoms with Crippen LogP contribution in [0.25, 0.3) is 0 Å². The van der Waals surface area contributed by atoms with E-state index in [1.165, 1.54) is 70.6 Å². The van der Waals surface area contributed by atoms with Gasteiger partial charge in [0.1, 0.15) is 0 Å². The zero-order chi connectivity index (χ0) is 52.6. The van der Waals surface area contributed by atoms with E-state index in [2.05, 4.69) is 60.3 Å². The maximum Gasteiger partial charge on any atom is 0.306 e. The van der Waals surface area contributed by atoms with Crippen LogP contribution in [0.5, 0.6) is 0 Å². The molecule has 0 amide bonds. The fraction of sp³-hybridized carbons (Fsp3) is 0.937. The van der Waals surface area contributed by atoms with Gasteiger partial charge >= 0.3 is 23.9 Å². The maximum atomic E-state index is 14.1. The number of hydrogen-bond acceptors (Lipinski definition) is 9. The second kappa shape index (κ2) is 36.0. The predicted molar refractivity (Wildman–Crippen MR) is 297 cm³/mol. The van der Waals surface area contributed by atoms with Crippen molar-refractivity contribution in [1.82, 2.24) is 4.90 Å². The van der Waals surface area contributed by atoms with Gasteiger partial charge in [-0.2, -0.15) is 0 Å². The largest absolute Gasteiger partial charge is 0.465 e.